The van der Waals surface area contributed by atoms with Gasteiger partial charge in [0, 0.05) is 12.5 Å². The summed E-state index contributed by atoms with van der Waals surface area (Å²) in [5.74, 6) is 0. The van der Waals surface area contributed by atoms with Crippen LogP contribution in [0.5, 0.6) is 0 Å². The van der Waals surface area contributed by atoms with Gasteiger partial charge in [-0.25, -0.2) is 14.8 Å². The number of aromatic nitrogens is 2. The van der Waals surface area contributed by atoms with Crippen LogP contribution >= 0.6 is 0 Å². The van der Waals surface area contributed by atoms with Crippen molar-refractivity contribution in [2.24, 2.45) is 0 Å². The maximum atomic E-state index is 11.4. The summed E-state index contributed by atoms with van der Waals surface area (Å²) in [7, 11) is -1.24. The van der Waals surface area contributed by atoms with Gasteiger partial charge in [-0.1, -0.05) is 0 Å². The monoisotopic (exact) mass is 271 g/mol. The summed E-state index contributed by atoms with van der Waals surface area (Å²) in [5, 5.41) is 2.82. The zero-order valence-electron chi connectivity index (χ0n) is 10.9. The molecule has 0 radical (unpaired) electrons. The van der Waals surface area contributed by atoms with Crippen molar-refractivity contribution >= 4 is 16.9 Å². The molecule has 100 valence electrons. The number of rotatable bonds is 3. The molecule has 1 unspecified atom stereocenters. The largest absolute Gasteiger partial charge is 0.444 e. The normalized spacial score (nSPS) is 12.9. The molecule has 0 aliphatic rings. The quantitative estimate of drug-likeness (QED) is 0.836. The summed E-state index contributed by atoms with van der Waals surface area (Å²) >= 11 is 0. The van der Waals surface area contributed by atoms with Crippen LogP contribution in [0.4, 0.5) is 4.79 Å². The fraction of sp³-hybridized carbons (Fsp3) is 0.545. The van der Waals surface area contributed by atoms with E-state index in [1.165, 1.54) is 12.5 Å². The molecule has 0 saturated carbocycles. The molecule has 1 atom stereocenters. The summed E-state index contributed by atoms with van der Waals surface area (Å²) in [6, 6.07) is 1.65. The molecule has 0 aromatic carbocycles. The van der Waals surface area contributed by atoms with Crippen LogP contribution in [0.15, 0.2) is 17.4 Å². The first kappa shape index (κ1) is 14.6. The van der Waals surface area contributed by atoms with E-state index in [4.69, 9.17) is 4.74 Å². The number of nitrogens with one attached hydrogen (secondary N) is 1. The lowest BCUT2D eigenvalue weighted by Gasteiger charge is -2.19. The summed E-state index contributed by atoms with van der Waals surface area (Å²) in [6.07, 6.45) is 2.50. The van der Waals surface area contributed by atoms with Crippen LogP contribution in [0.25, 0.3) is 0 Å². The Kier molecular flexibility index (Phi) is 4.77. The summed E-state index contributed by atoms with van der Waals surface area (Å²) in [6.45, 7) is 5.57. The molecule has 1 rings (SSSR count). The average molecular weight is 271 g/mol. The minimum absolute atomic E-state index is 0.210. The number of hydrogen-bond donors (Lipinski definition) is 1. The lowest BCUT2D eigenvalue weighted by atomic mass is 10.2. The first-order valence-electron chi connectivity index (χ1n) is 5.40. The van der Waals surface area contributed by atoms with Crippen LogP contribution in [0.1, 0.15) is 26.5 Å². The van der Waals surface area contributed by atoms with Crippen molar-refractivity contribution in [2.75, 3.05) is 6.26 Å². The minimum Gasteiger partial charge on any atom is -0.444 e. The Balaban J connectivity index is 2.56. The third-order valence-electron chi connectivity index (χ3n) is 1.76. The van der Waals surface area contributed by atoms with E-state index in [2.05, 4.69) is 15.3 Å². The molecule has 0 bridgehead atoms. The van der Waals surface area contributed by atoms with Gasteiger partial charge < -0.3 is 10.1 Å². The molecule has 1 aromatic heterocycles. The Hall–Kier alpha value is -1.50. The first-order chi connectivity index (χ1) is 8.28. The second-order valence-corrected chi connectivity index (χ2v) is 5.91. The lowest BCUT2D eigenvalue weighted by Crippen LogP contribution is -2.32. The number of ether oxygens (including phenoxy) is 1. The number of carbonyl (C=O) groups excluding carboxylic acids is 1. The van der Waals surface area contributed by atoms with Crippen LogP contribution in [-0.4, -0.2) is 32.1 Å². The predicted molar refractivity (Wildman–Crippen MR) is 67.4 cm³/mol. The molecular weight excluding hydrogens is 254 g/mol. The highest BCUT2D eigenvalue weighted by Crippen LogP contribution is 2.06. The van der Waals surface area contributed by atoms with E-state index in [0.29, 0.717) is 5.69 Å². The van der Waals surface area contributed by atoms with Crippen molar-refractivity contribution in [1.82, 2.24) is 15.3 Å². The van der Waals surface area contributed by atoms with E-state index >= 15 is 0 Å². The zero-order valence-corrected chi connectivity index (χ0v) is 11.7. The van der Waals surface area contributed by atoms with Crippen molar-refractivity contribution in [3.63, 3.8) is 0 Å². The van der Waals surface area contributed by atoms with E-state index in [9.17, 15) is 9.00 Å². The highest BCUT2D eigenvalue weighted by Gasteiger charge is 2.15. The third kappa shape index (κ3) is 5.22. The van der Waals surface area contributed by atoms with Gasteiger partial charge in [0.25, 0.3) is 0 Å². The Morgan fingerprint density at radius 2 is 2.17 bits per heavy atom. The molecule has 1 amide bonds. The maximum Gasteiger partial charge on any atom is 0.407 e. The minimum atomic E-state index is -1.24. The Morgan fingerprint density at radius 1 is 1.50 bits per heavy atom. The van der Waals surface area contributed by atoms with Gasteiger partial charge >= 0.3 is 6.09 Å². The van der Waals surface area contributed by atoms with Gasteiger partial charge in [0.2, 0.25) is 5.16 Å². The summed E-state index contributed by atoms with van der Waals surface area (Å²) in [5.41, 5.74) is 0.0484. The van der Waals surface area contributed by atoms with Gasteiger partial charge in [0.05, 0.1) is 23.0 Å². The number of alkyl carbamates (subject to hydrolysis) is 1. The number of nitrogens with zero attached hydrogens (tertiary/aromatic N) is 2. The molecule has 1 N–H and O–H groups in total. The van der Waals surface area contributed by atoms with Crippen molar-refractivity contribution in [3.8, 4) is 0 Å². The van der Waals surface area contributed by atoms with Crippen molar-refractivity contribution in [3.05, 3.63) is 18.0 Å². The van der Waals surface area contributed by atoms with E-state index in [0.717, 1.165) is 0 Å². The number of carbonyl (C=O) groups is 1. The highest BCUT2D eigenvalue weighted by molar-refractivity contribution is 7.84. The van der Waals surface area contributed by atoms with E-state index < -0.39 is 22.5 Å². The second kappa shape index (κ2) is 5.90. The lowest BCUT2D eigenvalue weighted by molar-refractivity contribution is 0.0523. The van der Waals surface area contributed by atoms with E-state index in [1.807, 2.05) is 0 Å². The molecule has 1 aromatic rings. The fourth-order valence-corrected chi connectivity index (χ4v) is 1.55. The topological polar surface area (TPSA) is 81.2 Å². The van der Waals surface area contributed by atoms with Gasteiger partial charge in [0.1, 0.15) is 5.60 Å². The Morgan fingerprint density at radius 3 is 2.72 bits per heavy atom. The van der Waals surface area contributed by atoms with Crippen molar-refractivity contribution in [1.29, 1.82) is 0 Å². The van der Waals surface area contributed by atoms with Crippen LogP contribution in [0, 0.1) is 0 Å². The smallest absolute Gasteiger partial charge is 0.407 e. The summed E-state index contributed by atoms with van der Waals surface area (Å²) in [4.78, 5) is 19.3. The maximum absolute atomic E-state index is 11.4. The SMILES string of the molecule is CS(=O)c1nccc(CNC(=O)OC(C)(C)C)n1. The Labute approximate surface area is 109 Å². The van der Waals surface area contributed by atoms with Crippen molar-refractivity contribution < 1.29 is 13.7 Å². The van der Waals surface area contributed by atoms with Gasteiger partial charge in [-0.3, -0.25) is 4.21 Å². The molecule has 0 saturated heterocycles. The van der Waals surface area contributed by atoms with E-state index in [1.54, 1.807) is 26.8 Å². The predicted octanol–water partition coefficient (Wildman–Crippen LogP) is 1.24. The number of amides is 1. The van der Waals surface area contributed by atoms with Crippen LogP contribution in [0.2, 0.25) is 0 Å². The molecule has 0 aliphatic heterocycles. The van der Waals surface area contributed by atoms with Crippen LogP contribution < -0.4 is 5.32 Å². The third-order valence-corrected chi connectivity index (χ3v) is 2.47. The van der Waals surface area contributed by atoms with Gasteiger partial charge in [-0.15, -0.1) is 0 Å². The molecule has 0 aliphatic carbocycles. The van der Waals surface area contributed by atoms with Crippen LogP contribution in [-0.2, 0) is 22.1 Å². The molecule has 18 heavy (non-hydrogen) atoms. The first-order valence-corrected chi connectivity index (χ1v) is 6.96. The fourth-order valence-electron chi connectivity index (χ4n) is 1.09. The van der Waals surface area contributed by atoms with Gasteiger partial charge in [-0.05, 0) is 26.8 Å². The molecule has 0 fully saturated rings. The van der Waals surface area contributed by atoms with Gasteiger partial charge in [0.15, 0.2) is 0 Å². The second-order valence-electron chi connectivity index (χ2n) is 4.64. The average Bonchev–Trinajstić information content (AvgIpc) is 2.24. The van der Waals surface area contributed by atoms with Crippen molar-refractivity contribution in [2.45, 2.75) is 38.1 Å². The molecule has 1 heterocycles. The van der Waals surface area contributed by atoms with Gasteiger partial charge in [-0.2, -0.15) is 0 Å². The highest BCUT2D eigenvalue weighted by atomic mass is 32.2. The molecule has 7 heteroatoms. The number of hydrogen-bond acceptors (Lipinski definition) is 5. The van der Waals surface area contributed by atoms with Crippen LogP contribution in [0.3, 0.4) is 0 Å². The van der Waals surface area contributed by atoms with E-state index in [-0.39, 0.29) is 11.7 Å². The standard InChI is InChI=1S/C11H17N3O3S/c1-11(2,3)17-10(15)13-7-8-5-6-12-9(14-8)18(4)16/h5-6H,7H2,1-4H3,(H,13,15). The Bertz CT molecular complexity index is 457. The molecule has 6 nitrogen and oxygen atoms in total. The molecule has 0 spiro atoms. The molecular formula is C11H17N3O3S. The summed E-state index contributed by atoms with van der Waals surface area (Å²) < 4.78 is 16.3. The zero-order chi connectivity index (χ0) is 13.8.